The van der Waals surface area contributed by atoms with Crippen LogP contribution < -0.4 is 9.47 Å². The van der Waals surface area contributed by atoms with E-state index in [2.05, 4.69) is 9.97 Å². The first kappa shape index (κ1) is 13.6. The van der Waals surface area contributed by atoms with Crippen molar-refractivity contribution in [1.82, 2.24) is 9.97 Å². The Bertz CT molecular complexity index is 556. The summed E-state index contributed by atoms with van der Waals surface area (Å²) in [4.78, 5) is 8.11. The lowest BCUT2D eigenvalue weighted by atomic mass is 10.1. The first-order valence-corrected chi connectivity index (χ1v) is 6.31. The summed E-state index contributed by atoms with van der Waals surface area (Å²) in [7, 11) is 1.55. The minimum atomic E-state index is 0.147. The number of halogens is 1. The molecule has 0 radical (unpaired) electrons. The van der Waals surface area contributed by atoms with Crippen LogP contribution in [0.1, 0.15) is 13.8 Å². The zero-order valence-corrected chi connectivity index (χ0v) is 11.8. The van der Waals surface area contributed by atoms with E-state index < -0.39 is 0 Å². The van der Waals surface area contributed by atoms with Crippen LogP contribution >= 0.6 is 11.6 Å². The number of rotatable bonds is 4. The smallest absolute Gasteiger partial charge is 0.182 e. The van der Waals surface area contributed by atoms with Gasteiger partial charge in [-0.1, -0.05) is 11.6 Å². The molecule has 4 nitrogen and oxygen atoms in total. The lowest BCUT2D eigenvalue weighted by Crippen LogP contribution is -2.05. The first-order valence-electron chi connectivity index (χ1n) is 5.93. The van der Waals surface area contributed by atoms with Gasteiger partial charge in [-0.2, -0.15) is 0 Å². The Balaban J connectivity index is 2.35. The molecule has 0 fully saturated rings. The molecule has 100 valence electrons. The second-order valence-corrected chi connectivity index (χ2v) is 4.60. The van der Waals surface area contributed by atoms with Gasteiger partial charge in [-0.3, -0.25) is 0 Å². The van der Waals surface area contributed by atoms with E-state index in [9.17, 15) is 0 Å². The molecule has 0 spiro atoms. The number of hydrogen-bond acceptors (Lipinski definition) is 4. The number of methoxy groups -OCH3 is 1. The quantitative estimate of drug-likeness (QED) is 0.802. The molecule has 0 saturated heterocycles. The molecule has 0 aliphatic rings. The zero-order chi connectivity index (χ0) is 13.8. The molecule has 0 amide bonds. The van der Waals surface area contributed by atoms with Crippen LogP contribution in [0, 0.1) is 0 Å². The summed E-state index contributed by atoms with van der Waals surface area (Å²) in [6, 6.07) is 7.62. The summed E-state index contributed by atoms with van der Waals surface area (Å²) in [5.74, 6) is 1.29. The summed E-state index contributed by atoms with van der Waals surface area (Å²) in [5.41, 5.74) is 1.57. The molecule has 0 N–H and O–H groups in total. The van der Waals surface area contributed by atoms with Crippen LogP contribution in [-0.2, 0) is 0 Å². The van der Waals surface area contributed by atoms with Gasteiger partial charge in [0.25, 0.3) is 0 Å². The maximum Gasteiger partial charge on any atom is 0.182 e. The van der Waals surface area contributed by atoms with Crippen molar-refractivity contribution < 1.29 is 9.47 Å². The highest BCUT2D eigenvalue weighted by molar-refractivity contribution is 6.31. The molecule has 19 heavy (non-hydrogen) atoms. The standard InChI is InChI=1S/C14H15ClN2O2/c1-9(2)19-11-6-4-10(5-7-11)12-13(18-3)14(15)17-8-16-12/h4-9H,1-3H3. The van der Waals surface area contributed by atoms with Gasteiger partial charge in [-0.25, -0.2) is 9.97 Å². The third kappa shape index (κ3) is 3.15. The predicted octanol–water partition coefficient (Wildman–Crippen LogP) is 3.59. The van der Waals surface area contributed by atoms with Gasteiger partial charge in [0.15, 0.2) is 10.9 Å². The largest absolute Gasteiger partial charge is 0.491 e. The van der Waals surface area contributed by atoms with Crippen molar-refractivity contribution in [3.8, 4) is 22.8 Å². The third-order valence-corrected chi connectivity index (χ3v) is 2.73. The zero-order valence-electron chi connectivity index (χ0n) is 11.1. The summed E-state index contributed by atoms with van der Waals surface area (Å²) in [6.45, 7) is 3.97. The molecule has 1 aromatic carbocycles. The Morgan fingerprint density at radius 2 is 1.79 bits per heavy atom. The van der Waals surface area contributed by atoms with Crippen LogP contribution in [0.5, 0.6) is 11.5 Å². The van der Waals surface area contributed by atoms with Crippen molar-refractivity contribution in [2.45, 2.75) is 20.0 Å². The van der Waals surface area contributed by atoms with Crippen LogP contribution in [-0.4, -0.2) is 23.2 Å². The van der Waals surface area contributed by atoms with Crippen LogP contribution in [0.15, 0.2) is 30.6 Å². The molecule has 1 aromatic heterocycles. The highest BCUT2D eigenvalue weighted by Gasteiger charge is 2.12. The average Bonchev–Trinajstić information content (AvgIpc) is 2.38. The van der Waals surface area contributed by atoms with Gasteiger partial charge >= 0.3 is 0 Å². The van der Waals surface area contributed by atoms with Gasteiger partial charge in [-0.05, 0) is 38.1 Å². The minimum absolute atomic E-state index is 0.147. The van der Waals surface area contributed by atoms with Crippen LogP contribution in [0.25, 0.3) is 11.3 Å². The fourth-order valence-electron chi connectivity index (χ4n) is 1.70. The third-order valence-electron chi connectivity index (χ3n) is 2.46. The summed E-state index contributed by atoms with van der Waals surface area (Å²) >= 11 is 5.98. The molecule has 0 bridgehead atoms. The Morgan fingerprint density at radius 1 is 1.11 bits per heavy atom. The average molecular weight is 279 g/mol. The van der Waals surface area contributed by atoms with Crippen molar-refractivity contribution in [2.75, 3.05) is 7.11 Å². The Morgan fingerprint density at radius 3 is 2.37 bits per heavy atom. The second kappa shape index (κ2) is 5.89. The van der Waals surface area contributed by atoms with Gasteiger partial charge in [0, 0.05) is 5.56 Å². The van der Waals surface area contributed by atoms with Gasteiger partial charge in [0.2, 0.25) is 0 Å². The normalized spacial score (nSPS) is 10.6. The van der Waals surface area contributed by atoms with E-state index in [1.807, 2.05) is 38.1 Å². The summed E-state index contributed by atoms with van der Waals surface area (Å²) in [5, 5.41) is 0.301. The van der Waals surface area contributed by atoms with Crippen LogP contribution in [0.2, 0.25) is 5.15 Å². The number of nitrogens with zero attached hydrogens (tertiary/aromatic N) is 2. The van der Waals surface area contributed by atoms with E-state index in [0.29, 0.717) is 16.6 Å². The molecule has 5 heteroatoms. The second-order valence-electron chi connectivity index (χ2n) is 4.24. The summed E-state index contributed by atoms with van der Waals surface area (Å²) < 4.78 is 10.8. The van der Waals surface area contributed by atoms with Gasteiger partial charge in [0.1, 0.15) is 17.8 Å². The summed E-state index contributed by atoms with van der Waals surface area (Å²) in [6.07, 6.45) is 1.56. The van der Waals surface area contributed by atoms with E-state index in [1.54, 1.807) is 7.11 Å². The molecule has 0 aliphatic heterocycles. The van der Waals surface area contributed by atoms with E-state index in [0.717, 1.165) is 11.3 Å². The number of benzene rings is 1. The molecule has 2 rings (SSSR count). The predicted molar refractivity (Wildman–Crippen MR) is 74.8 cm³/mol. The number of ether oxygens (including phenoxy) is 2. The van der Waals surface area contributed by atoms with E-state index in [1.165, 1.54) is 6.33 Å². The topological polar surface area (TPSA) is 44.2 Å². The molecule has 0 atom stereocenters. The van der Waals surface area contributed by atoms with Crippen LogP contribution in [0.4, 0.5) is 0 Å². The van der Waals surface area contributed by atoms with Crippen molar-refractivity contribution in [1.29, 1.82) is 0 Å². The Hall–Kier alpha value is -1.81. The minimum Gasteiger partial charge on any atom is -0.491 e. The maximum atomic E-state index is 5.98. The van der Waals surface area contributed by atoms with Crippen molar-refractivity contribution >= 4 is 11.6 Å². The molecular formula is C14H15ClN2O2. The lowest BCUT2D eigenvalue weighted by Gasteiger charge is -2.11. The molecule has 0 unspecified atom stereocenters. The molecular weight excluding hydrogens is 264 g/mol. The van der Waals surface area contributed by atoms with Gasteiger partial charge in [0.05, 0.1) is 13.2 Å². The van der Waals surface area contributed by atoms with E-state index in [-0.39, 0.29) is 6.10 Å². The Labute approximate surface area is 117 Å². The van der Waals surface area contributed by atoms with Crippen molar-refractivity contribution in [3.05, 3.63) is 35.7 Å². The van der Waals surface area contributed by atoms with Gasteiger partial charge in [-0.15, -0.1) is 0 Å². The molecule has 0 saturated carbocycles. The first-order chi connectivity index (χ1) is 9.11. The SMILES string of the molecule is COc1c(Cl)ncnc1-c1ccc(OC(C)C)cc1. The fourth-order valence-corrected chi connectivity index (χ4v) is 1.91. The van der Waals surface area contributed by atoms with Crippen LogP contribution in [0.3, 0.4) is 0 Å². The molecule has 1 heterocycles. The Kier molecular flexibility index (Phi) is 4.22. The lowest BCUT2D eigenvalue weighted by molar-refractivity contribution is 0.242. The molecule has 2 aromatic rings. The van der Waals surface area contributed by atoms with Crippen molar-refractivity contribution in [3.63, 3.8) is 0 Å². The molecule has 0 aliphatic carbocycles. The van der Waals surface area contributed by atoms with Gasteiger partial charge < -0.3 is 9.47 Å². The number of aromatic nitrogens is 2. The highest BCUT2D eigenvalue weighted by Crippen LogP contribution is 2.33. The fraction of sp³-hybridized carbons (Fsp3) is 0.286. The highest BCUT2D eigenvalue weighted by atomic mass is 35.5. The van der Waals surface area contributed by atoms with E-state index in [4.69, 9.17) is 21.1 Å². The maximum absolute atomic E-state index is 5.98. The number of hydrogen-bond donors (Lipinski definition) is 0. The monoisotopic (exact) mass is 278 g/mol. The van der Waals surface area contributed by atoms with E-state index >= 15 is 0 Å². The van der Waals surface area contributed by atoms with Crippen molar-refractivity contribution in [2.24, 2.45) is 0 Å².